The first-order chi connectivity index (χ1) is 19.5. The molecule has 0 radical (unpaired) electrons. The number of benzene rings is 6. The normalized spacial score (nSPS) is 10.9. The third kappa shape index (κ3) is 4.70. The molecule has 6 nitrogen and oxygen atoms in total. The van der Waals surface area contributed by atoms with Gasteiger partial charge in [-0.1, -0.05) is 78.9 Å². The van der Waals surface area contributed by atoms with Crippen LogP contribution in [0.4, 0.5) is 11.4 Å². The zero-order chi connectivity index (χ0) is 27.6. The van der Waals surface area contributed by atoms with Crippen molar-refractivity contribution >= 4 is 44.7 Å². The maximum absolute atomic E-state index is 13.4. The molecule has 0 fully saturated rings. The van der Waals surface area contributed by atoms with E-state index < -0.39 is 11.8 Å². The molecule has 0 aliphatic heterocycles. The van der Waals surface area contributed by atoms with Crippen molar-refractivity contribution in [3.8, 4) is 22.6 Å². The highest BCUT2D eigenvalue weighted by molar-refractivity contribution is 6.15. The number of rotatable bonds is 5. The van der Waals surface area contributed by atoms with E-state index >= 15 is 0 Å². The molecule has 6 heteroatoms. The summed E-state index contributed by atoms with van der Waals surface area (Å²) in [7, 11) is 0. The second-order valence-corrected chi connectivity index (χ2v) is 9.43. The van der Waals surface area contributed by atoms with E-state index in [1.807, 2.05) is 78.9 Å². The first kappa shape index (κ1) is 24.7. The van der Waals surface area contributed by atoms with Crippen LogP contribution in [0.25, 0.3) is 32.7 Å². The molecule has 2 amide bonds. The molecule has 0 atom stereocenters. The lowest BCUT2D eigenvalue weighted by atomic mass is 9.96. The van der Waals surface area contributed by atoms with E-state index in [-0.39, 0.29) is 22.6 Å². The van der Waals surface area contributed by atoms with E-state index in [1.165, 1.54) is 6.07 Å². The maximum Gasteiger partial charge on any atom is 0.259 e. The highest BCUT2D eigenvalue weighted by atomic mass is 16.3. The first-order valence-corrected chi connectivity index (χ1v) is 12.7. The third-order valence-corrected chi connectivity index (χ3v) is 6.84. The average Bonchev–Trinajstić information content (AvgIpc) is 2.97. The molecular weight excluding hydrogens is 500 g/mol. The zero-order valence-electron chi connectivity index (χ0n) is 21.3. The van der Waals surface area contributed by atoms with Crippen molar-refractivity contribution in [2.45, 2.75) is 0 Å². The van der Waals surface area contributed by atoms with E-state index in [4.69, 9.17) is 0 Å². The van der Waals surface area contributed by atoms with Crippen LogP contribution < -0.4 is 10.6 Å². The predicted octanol–water partition coefficient (Wildman–Crippen LogP) is 7.58. The molecule has 0 saturated carbocycles. The standard InChI is InChI=1S/C34H24N2O4/c37-30-17-4-3-14-27(30)33(39)35-25-13-5-12-24(18-25)26-15-6-10-21-11-7-16-29(32(21)26)36-34(40)28-19-22-8-1-2-9-23(22)20-31(28)38/h1-20,37-38H,(H,35,39)(H,36,40). The summed E-state index contributed by atoms with van der Waals surface area (Å²) in [4.78, 5) is 26.1. The minimum absolute atomic E-state index is 0.0930. The Morgan fingerprint density at radius 1 is 0.525 bits per heavy atom. The number of aromatic hydroxyl groups is 2. The van der Waals surface area contributed by atoms with E-state index in [0.717, 1.165) is 32.7 Å². The van der Waals surface area contributed by atoms with Gasteiger partial charge in [-0.25, -0.2) is 0 Å². The average molecular weight is 525 g/mol. The molecule has 0 bridgehead atoms. The molecule has 0 aromatic heterocycles. The van der Waals surface area contributed by atoms with Crippen LogP contribution in [0.1, 0.15) is 20.7 Å². The Kier molecular flexibility index (Phi) is 6.34. The van der Waals surface area contributed by atoms with Gasteiger partial charge in [-0.05, 0) is 69.8 Å². The highest BCUT2D eigenvalue weighted by Crippen LogP contribution is 2.36. The smallest absolute Gasteiger partial charge is 0.259 e. The number of para-hydroxylation sites is 1. The Hall–Kier alpha value is -5.62. The molecule has 6 aromatic carbocycles. The molecule has 194 valence electrons. The van der Waals surface area contributed by atoms with Crippen molar-refractivity contribution in [3.63, 3.8) is 0 Å². The number of amides is 2. The first-order valence-electron chi connectivity index (χ1n) is 12.7. The largest absolute Gasteiger partial charge is 0.507 e. The van der Waals surface area contributed by atoms with Gasteiger partial charge in [0, 0.05) is 16.8 Å². The number of hydrogen-bond donors (Lipinski definition) is 4. The number of hydrogen-bond acceptors (Lipinski definition) is 4. The lowest BCUT2D eigenvalue weighted by Crippen LogP contribution is -2.13. The molecule has 0 heterocycles. The minimum atomic E-state index is -0.422. The van der Waals surface area contributed by atoms with Crippen LogP contribution in [0.2, 0.25) is 0 Å². The van der Waals surface area contributed by atoms with Gasteiger partial charge in [0.15, 0.2) is 0 Å². The number of carbonyl (C=O) groups excluding carboxylic acids is 2. The van der Waals surface area contributed by atoms with E-state index in [1.54, 1.807) is 36.4 Å². The Morgan fingerprint density at radius 3 is 1.98 bits per heavy atom. The fraction of sp³-hybridized carbons (Fsp3) is 0. The molecule has 40 heavy (non-hydrogen) atoms. The minimum Gasteiger partial charge on any atom is -0.507 e. The van der Waals surface area contributed by atoms with Crippen LogP contribution in [-0.2, 0) is 0 Å². The van der Waals surface area contributed by atoms with Gasteiger partial charge in [0.2, 0.25) is 0 Å². The second-order valence-electron chi connectivity index (χ2n) is 9.43. The lowest BCUT2D eigenvalue weighted by molar-refractivity contribution is 0.101. The number of phenols is 2. The Labute approximate surface area is 230 Å². The van der Waals surface area contributed by atoms with Crippen LogP contribution in [0.15, 0.2) is 121 Å². The quantitative estimate of drug-likeness (QED) is 0.187. The van der Waals surface area contributed by atoms with Crippen molar-refractivity contribution in [2.24, 2.45) is 0 Å². The lowest BCUT2D eigenvalue weighted by Gasteiger charge is -2.15. The van der Waals surface area contributed by atoms with Gasteiger partial charge in [-0.2, -0.15) is 0 Å². The van der Waals surface area contributed by atoms with Crippen LogP contribution >= 0.6 is 0 Å². The van der Waals surface area contributed by atoms with Crippen LogP contribution in [0.5, 0.6) is 11.5 Å². The van der Waals surface area contributed by atoms with Crippen molar-refractivity contribution < 1.29 is 19.8 Å². The van der Waals surface area contributed by atoms with Gasteiger partial charge in [-0.3, -0.25) is 9.59 Å². The molecule has 6 rings (SSSR count). The van der Waals surface area contributed by atoms with Crippen molar-refractivity contribution in [1.82, 2.24) is 0 Å². The Morgan fingerprint density at radius 2 is 1.18 bits per heavy atom. The molecule has 0 aliphatic rings. The van der Waals surface area contributed by atoms with Crippen molar-refractivity contribution in [3.05, 3.63) is 132 Å². The van der Waals surface area contributed by atoms with Gasteiger partial charge < -0.3 is 20.8 Å². The number of fused-ring (bicyclic) bond motifs is 2. The van der Waals surface area contributed by atoms with Crippen molar-refractivity contribution in [1.29, 1.82) is 0 Å². The SMILES string of the molecule is O=C(Nc1cccc(-c2cccc3cccc(NC(=O)c4cc5ccccc5cc4O)c23)c1)c1ccccc1O. The molecule has 6 aromatic rings. The van der Waals surface area contributed by atoms with Gasteiger partial charge in [0.25, 0.3) is 11.8 Å². The summed E-state index contributed by atoms with van der Waals surface area (Å²) in [6.45, 7) is 0. The van der Waals surface area contributed by atoms with Crippen LogP contribution in [0, 0.1) is 0 Å². The van der Waals surface area contributed by atoms with Gasteiger partial charge in [0.05, 0.1) is 11.1 Å². The van der Waals surface area contributed by atoms with Crippen molar-refractivity contribution in [2.75, 3.05) is 10.6 Å². The summed E-state index contributed by atoms with van der Waals surface area (Å²) in [5.74, 6) is -1.03. The maximum atomic E-state index is 13.4. The highest BCUT2D eigenvalue weighted by Gasteiger charge is 2.16. The number of phenolic OH excluding ortho intramolecular Hbond substituents is 2. The summed E-state index contributed by atoms with van der Waals surface area (Å²) in [6.07, 6.45) is 0. The van der Waals surface area contributed by atoms with E-state index in [0.29, 0.717) is 11.4 Å². The molecular formula is C34H24N2O4. The zero-order valence-corrected chi connectivity index (χ0v) is 21.3. The number of anilines is 2. The number of nitrogens with one attached hydrogen (secondary N) is 2. The molecule has 0 unspecified atom stereocenters. The van der Waals surface area contributed by atoms with Crippen LogP contribution in [0.3, 0.4) is 0 Å². The summed E-state index contributed by atoms with van der Waals surface area (Å²) >= 11 is 0. The Bertz CT molecular complexity index is 1920. The van der Waals surface area contributed by atoms with E-state index in [2.05, 4.69) is 10.6 Å². The second kappa shape index (κ2) is 10.3. The van der Waals surface area contributed by atoms with Gasteiger partial charge >= 0.3 is 0 Å². The fourth-order valence-corrected chi connectivity index (χ4v) is 4.91. The van der Waals surface area contributed by atoms with Crippen LogP contribution in [-0.4, -0.2) is 22.0 Å². The Balaban J connectivity index is 1.36. The fourth-order valence-electron chi connectivity index (χ4n) is 4.91. The van der Waals surface area contributed by atoms with Gasteiger partial charge in [-0.15, -0.1) is 0 Å². The van der Waals surface area contributed by atoms with Gasteiger partial charge in [0.1, 0.15) is 11.5 Å². The summed E-state index contributed by atoms with van der Waals surface area (Å²) < 4.78 is 0. The summed E-state index contributed by atoms with van der Waals surface area (Å²) in [5, 5.41) is 29.9. The number of carbonyl (C=O) groups is 2. The monoisotopic (exact) mass is 524 g/mol. The topological polar surface area (TPSA) is 98.7 Å². The third-order valence-electron chi connectivity index (χ3n) is 6.84. The molecule has 0 aliphatic carbocycles. The summed E-state index contributed by atoms with van der Waals surface area (Å²) in [6, 6.07) is 36.1. The predicted molar refractivity (Wildman–Crippen MR) is 159 cm³/mol. The molecule has 0 spiro atoms. The molecule has 0 saturated heterocycles. The molecule has 4 N–H and O–H groups in total. The van der Waals surface area contributed by atoms with E-state index in [9.17, 15) is 19.8 Å². The summed E-state index contributed by atoms with van der Waals surface area (Å²) in [5.41, 5.74) is 3.20.